The Morgan fingerprint density at radius 2 is 1.83 bits per heavy atom. The van der Waals surface area contributed by atoms with E-state index in [1.807, 2.05) is 30.3 Å². The number of nitrogens with one attached hydrogen (secondary N) is 2. The predicted octanol–water partition coefficient (Wildman–Crippen LogP) is 3.38. The summed E-state index contributed by atoms with van der Waals surface area (Å²) < 4.78 is 9.75. The highest BCUT2D eigenvalue weighted by atomic mass is 16.5. The van der Waals surface area contributed by atoms with Crippen LogP contribution in [0.4, 0.5) is 0 Å². The SMILES string of the molecule is CCOC(=O)c1cc2cc(C(=O)NC(CC(=O)OC)c3ccccc3)ccc2[nH]1. The Kier molecular flexibility index (Phi) is 6.29. The van der Waals surface area contributed by atoms with Crippen LogP contribution < -0.4 is 5.32 Å². The van der Waals surface area contributed by atoms with Crippen LogP contribution in [0.3, 0.4) is 0 Å². The van der Waals surface area contributed by atoms with E-state index >= 15 is 0 Å². The first kappa shape index (κ1) is 20.1. The molecule has 150 valence electrons. The summed E-state index contributed by atoms with van der Waals surface area (Å²) >= 11 is 0. The second kappa shape index (κ2) is 9.05. The van der Waals surface area contributed by atoms with Gasteiger partial charge in [-0.3, -0.25) is 9.59 Å². The molecule has 1 heterocycles. The van der Waals surface area contributed by atoms with Crippen molar-refractivity contribution >= 4 is 28.7 Å². The van der Waals surface area contributed by atoms with Crippen LogP contribution in [0, 0.1) is 0 Å². The topological polar surface area (TPSA) is 97.5 Å². The standard InChI is InChI=1S/C22H22N2O5/c1-3-29-22(27)19-12-16-11-15(9-10-17(16)23-19)21(26)24-18(13-20(25)28-2)14-7-5-4-6-8-14/h4-12,18,23H,3,13H2,1-2H3,(H,24,26). The minimum absolute atomic E-state index is 0.0195. The highest BCUT2D eigenvalue weighted by Crippen LogP contribution is 2.21. The molecule has 2 N–H and O–H groups in total. The van der Waals surface area contributed by atoms with Crippen molar-refractivity contribution in [2.24, 2.45) is 0 Å². The van der Waals surface area contributed by atoms with Crippen molar-refractivity contribution in [3.63, 3.8) is 0 Å². The third kappa shape index (κ3) is 4.82. The van der Waals surface area contributed by atoms with Gasteiger partial charge in [-0.1, -0.05) is 30.3 Å². The van der Waals surface area contributed by atoms with E-state index in [0.717, 1.165) is 11.1 Å². The normalized spacial score (nSPS) is 11.7. The molecule has 1 atom stereocenters. The lowest BCUT2D eigenvalue weighted by Gasteiger charge is -2.18. The Morgan fingerprint density at radius 3 is 2.52 bits per heavy atom. The predicted molar refractivity (Wildman–Crippen MR) is 108 cm³/mol. The molecule has 1 amide bonds. The van der Waals surface area contributed by atoms with E-state index in [4.69, 9.17) is 9.47 Å². The number of ether oxygens (including phenoxy) is 2. The quantitative estimate of drug-likeness (QED) is 0.599. The van der Waals surface area contributed by atoms with Crippen molar-refractivity contribution in [1.82, 2.24) is 10.3 Å². The number of carbonyl (C=O) groups excluding carboxylic acids is 3. The monoisotopic (exact) mass is 394 g/mol. The highest BCUT2D eigenvalue weighted by Gasteiger charge is 2.20. The number of amides is 1. The number of hydrogen-bond donors (Lipinski definition) is 2. The molecule has 1 unspecified atom stereocenters. The number of rotatable bonds is 7. The second-order valence-corrected chi connectivity index (χ2v) is 6.42. The van der Waals surface area contributed by atoms with Gasteiger partial charge in [-0.25, -0.2) is 4.79 Å². The number of esters is 2. The van der Waals surface area contributed by atoms with Gasteiger partial charge >= 0.3 is 11.9 Å². The maximum absolute atomic E-state index is 12.8. The summed E-state index contributed by atoms with van der Waals surface area (Å²) in [5, 5.41) is 3.60. The third-order valence-electron chi connectivity index (χ3n) is 4.48. The minimum Gasteiger partial charge on any atom is -0.469 e. The van der Waals surface area contributed by atoms with Crippen LogP contribution >= 0.6 is 0 Å². The van der Waals surface area contributed by atoms with Gasteiger partial charge in [0.05, 0.1) is 26.2 Å². The first-order valence-electron chi connectivity index (χ1n) is 9.24. The molecule has 0 saturated carbocycles. The van der Waals surface area contributed by atoms with E-state index in [2.05, 4.69) is 10.3 Å². The lowest BCUT2D eigenvalue weighted by atomic mass is 10.0. The summed E-state index contributed by atoms with van der Waals surface area (Å²) in [6, 6.07) is 15.4. The van der Waals surface area contributed by atoms with E-state index < -0.39 is 18.0 Å². The zero-order valence-corrected chi connectivity index (χ0v) is 16.2. The zero-order valence-electron chi connectivity index (χ0n) is 16.2. The molecule has 3 aromatic rings. The van der Waals surface area contributed by atoms with Gasteiger partial charge in [0.2, 0.25) is 0 Å². The minimum atomic E-state index is -0.520. The van der Waals surface area contributed by atoms with E-state index in [1.54, 1.807) is 31.2 Å². The second-order valence-electron chi connectivity index (χ2n) is 6.42. The molecule has 7 nitrogen and oxygen atoms in total. The Hall–Kier alpha value is -3.61. The Labute approximate surface area is 168 Å². The summed E-state index contributed by atoms with van der Waals surface area (Å²) in [5.41, 5.74) is 2.27. The third-order valence-corrected chi connectivity index (χ3v) is 4.48. The number of hydrogen-bond acceptors (Lipinski definition) is 5. The summed E-state index contributed by atoms with van der Waals surface area (Å²) in [4.78, 5) is 39.5. The summed E-state index contributed by atoms with van der Waals surface area (Å²) in [6.45, 7) is 2.02. The number of aromatic amines is 1. The molecule has 29 heavy (non-hydrogen) atoms. The molecule has 0 aliphatic carbocycles. The summed E-state index contributed by atoms with van der Waals surface area (Å²) in [5.74, 6) is -1.19. The molecule has 3 rings (SSSR count). The molecule has 0 aliphatic heterocycles. The van der Waals surface area contributed by atoms with Gasteiger partial charge in [-0.05, 0) is 36.8 Å². The van der Waals surface area contributed by atoms with Crippen molar-refractivity contribution in [3.8, 4) is 0 Å². The molecule has 0 bridgehead atoms. The molecule has 1 aromatic heterocycles. The Balaban J connectivity index is 1.82. The van der Waals surface area contributed by atoms with Crippen molar-refractivity contribution in [2.45, 2.75) is 19.4 Å². The lowest BCUT2D eigenvalue weighted by Crippen LogP contribution is -2.30. The van der Waals surface area contributed by atoms with Crippen LogP contribution in [0.2, 0.25) is 0 Å². The number of aromatic nitrogens is 1. The first-order chi connectivity index (χ1) is 14.0. The van der Waals surface area contributed by atoms with Gasteiger partial charge < -0.3 is 19.8 Å². The fourth-order valence-corrected chi connectivity index (χ4v) is 3.02. The van der Waals surface area contributed by atoms with Crippen LogP contribution in [0.5, 0.6) is 0 Å². The number of methoxy groups -OCH3 is 1. The van der Waals surface area contributed by atoms with E-state index in [-0.39, 0.29) is 18.9 Å². The van der Waals surface area contributed by atoms with Crippen molar-refractivity contribution < 1.29 is 23.9 Å². The molecule has 0 fully saturated rings. The van der Waals surface area contributed by atoms with Gasteiger partial charge in [0.25, 0.3) is 5.91 Å². The van der Waals surface area contributed by atoms with E-state index in [1.165, 1.54) is 7.11 Å². The number of benzene rings is 2. The molecule has 0 aliphatic rings. The molecule has 0 radical (unpaired) electrons. The average molecular weight is 394 g/mol. The largest absolute Gasteiger partial charge is 0.469 e. The highest BCUT2D eigenvalue weighted by molar-refractivity contribution is 6.00. The molecule has 2 aromatic carbocycles. The van der Waals surface area contributed by atoms with Gasteiger partial charge in [0, 0.05) is 16.5 Å². The fourth-order valence-electron chi connectivity index (χ4n) is 3.02. The molecular formula is C22H22N2O5. The van der Waals surface area contributed by atoms with E-state index in [9.17, 15) is 14.4 Å². The smallest absolute Gasteiger partial charge is 0.354 e. The van der Waals surface area contributed by atoms with Crippen LogP contribution in [0.15, 0.2) is 54.6 Å². The van der Waals surface area contributed by atoms with Gasteiger partial charge in [-0.2, -0.15) is 0 Å². The van der Waals surface area contributed by atoms with Gasteiger partial charge in [-0.15, -0.1) is 0 Å². The van der Waals surface area contributed by atoms with E-state index in [0.29, 0.717) is 16.6 Å². The molecule has 0 saturated heterocycles. The molecule has 0 spiro atoms. The van der Waals surface area contributed by atoms with Crippen LogP contribution in [0.1, 0.15) is 45.8 Å². The first-order valence-corrected chi connectivity index (χ1v) is 9.24. The lowest BCUT2D eigenvalue weighted by molar-refractivity contribution is -0.141. The van der Waals surface area contributed by atoms with Crippen LogP contribution in [0.25, 0.3) is 10.9 Å². The van der Waals surface area contributed by atoms with Crippen molar-refractivity contribution in [3.05, 3.63) is 71.4 Å². The molecule has 7 heteroatoms. The molecular weight excluding hydrogens is 372 g/mol. The van der Waals surface area contributed by atoms with Crippen LogP contribution in [-0.2, 0) is 14.3 Å². The summed E-state index contributed by atoms with van der Waals surface area (Å²) in [7, 11) is 1.31. The Morgan fingerprint density at radius 1 is 1.07 bits per heavy atom. The number of carbonyl (C=O) groups is 3. The average Bonchev–Trinajstić information content (AvgIpc) is 3.17. The van der Waals surface area contributed by atoms with Gasteiger partial charge in [0.15, 0.2) is 0 Å². The van der Waals surface area contributed by atoms with Crippen molar-refractivity contribution in [2.75, 3.05) is 13.7 Å². The number of fused-ring (bicyclic) bond motifs is 1. The van der Waals surface area contributed by atoms with Gasteiger partial charge in [0.1, 0.15) is 5.69 Å². The number of H-pyrrole nitrogens is 1. The van der Waals surface area contributed by atoms with Crippen molar-refractivity contribution in [1.29, 1.82) is 0 Å². The maximum atomic E-state index is 12.8. The zero-order chi connectivity index (χ0) is 20.8. The fraction of sp³-hybridized carbons (Fsp3) is 0.227. The maximum Gasteiger partial charge on any atom is 0.354 e. The Bertz CT molecular complexity index is 1030. The summed E-state index contributed by atoms with van der Waals surface area (Å²) in [6.07, 6.45) is 0.0195. The van der Waals surface area contributed by atoms with Crippen LogP contribution in [-0.4, -0.2) is 36.5 Å².